The first-order valence-electron chi connectivity index (χ1n) is 8.99. The van der Waals surface area contributed by atoms with Gasteiger partial charge in [-0.2, -0.15) is 13.2 Å². The molecule has 0 saturated carbocycles. The summed E-state index contributed by atoms with van der Waals surface area (Å²) in [7, 11) is 0. The van der Waals surface area contributed by atoms with Gasteiger partial charge in [-0.25, -0.2) is 13.2 Å². The largest absolute Gasteiger partial charge is 0.491 e. The van der Waals surface area contributed by atoms with Gasteiger partial charge >= 0.3 is 6.18 Å². The minimum Gasteiger partial charge on any atom is -0.491 e. The number of amides is 2. The first-order chi connectivity index (χ1) is 14.5. The van der Waals surface area contributed by atoms with E-state index in [4.69, 9.17) is 4.74 Å². The van der Waals surface area contributed by atoms with E-state index in [1.54, 1.807) is 5.32 Å². The van der Waals surface area contributed by atoms with E-state index in [1.165, 1.54) is 6.92 Å². The third kappa shape index (κ3) is 7.50. The van der Waals surface area contributed by atoms with Crippen LogP contribution in [0.1, 0.15) is 28.8 Å². The Balaban J connectivity index is 1.92. The standard InChI is InChI=1S/C20H18F6N2O3/c1-11-14(22)7-12(19(30)27-10-20(24,25)26)8-16(11)28-18(29)3-2-6-31-17-5-4-13(21)9-15(17)23/h4-5,7-9H,2-3,6,10H2,1H3,(H,27,30)(H,28,29). The van der Waals surface area contributed by atoms with E-state index in [2.05, 4.69) is 5.32 Å². The van der Waals surface area contributed by atoms with Gasteiger partial charge in [0, 0.05) is 29.3 Å². The molecule has 0 aliphatic carbocycles. The van der Waals surface area contributed by atoms with Gasteiger partial charge in [0.1, 0.15) is 18.2 Å². The molecule has 2 aromatic carbocycles. The summed E-state index contributed by atoms with van der Waals surface area (Å²) in [5.74, 6) is -4.46. The summed E-state index contributed by atoms with van der Waals surface area (Å²) in [6, 6.07) is 4.60. The SMILES string of the molecule is Cc1c(F)cc(C(=O)NCC(F)(F)F)cc1NC(=O)CCCOc1ccc(F)cc1F. The minimum atomic E-state index is -4.63. The number of nitrogens with one attached hydrogen (secondary N) is 2. The van der Waals surface area contributed by atoms with E-state index in [0.29, 0.717) is 6.07 Å². The molecule has 0 radical (unpaired) electrons. The van der Waals surface area contributed by atoms with Gasteiger partial charge < -0.3 is 15.4 Å². The summed E-state index contributed by atoms with van der Waals surface area (Å²) in [5.41, 5.74) is -0.476. The number of halogens is 6. The van der Waals surface area contributed by atoms with Crippen LogP contribution in [0.5, 0.6) is 5.75 Å². The molecule has 2 aromatic rings. The van der Waals surface area contributed by atoms with Crippen LogP contribution in [0.4, 0.5) is 32.0 Å². The summed E-state index contributed by atoms with van der Waals surface area (Å²) < 4.78 is 82.1. The van der Waals surface area contributed by atoms with Gasteiger partial charge in [-0.15, -0.1) is 0 Å². The second-order valence-corrected chi connectivity index (χ2v) is 6.50. The Labute approximate surface area is 173 Å². The Kier molecular flexibility index (Phi) is 7.89. The molecule has 0 aliphatic rings. The molecule has 2 N–H and O–H groups in total. The molecule has 11 heteroatoms. The molecule has 2 rings (SSSR count). The molecule has 0 aliphatic heterocycles. The Hall–Kier alpha value is -3.24. The van der Waals surface area contributed by atoms with E-state index in [-0.39, 0.29) is 36.4 Å². The molecule has 0 heterocycles. The molecule has 168 valence electrons. The van der Waals surface area contributed by atoms with Crippen molar-refractivity contribution in [2.24, 2.45) is 0 Å². The number of carbonyl (C=O) groups is 2. The maximum Gasteiger partial charge on any atom is 0.405 e. The van der Waals surface area contributed by atoms with Crippen LogP contribution < -0.4 is 15.4 Å². The molecule has 0 fully saturated rings. The molecule has 0 aromatic heterocycles. The smallest absolute Gasteiger partial charge is 0.405 e. The van der Waals surface area contributed by atoms with Crippen molar-refractivity contribution in [2.75, 3.05) is 18.5 Å². The van der Waals surface area contributed by atoms with E-state index in [1.807, 2.05) is 0 Å². The number of alkyl halides is 3. The van der Waals surface area contributed by atoms with Crippen molar-refractivity contribution in [2.45, 2.75) is 25.9 Å². The average Bonchev–Trinajstić information content (AvgIpc) is 2.67. The van der Waals surface area contributed by atoms with Crippen molar-refractivity contribution in [3.8, 4) is 5.75 Å². The number of carbonyl (C=O) groups excluding carboxylic acids is 2. The van der Waals surface area contributed by atoms with Crippen LogP contribution in [-0.2, 0) is 4.79 Å². The lowest BCUT2D eigenvalue weighted by molar-refractivity contribution is -0.123. The monoisotopic (exact) mass is 448 g/mol. The maximum atomic E-state index is 14.0. The molecule has 5 nitrogen and oxygen atoms in total. The Morgan fingerprint density at radius 3 is 2.39 bits per heavy atom. The minimum absolute atomic E-state index is 0.00893. The highest BCUT2D eigenvalue weighted by Gasteiger charge is 2.28. The topological polar surface area (TPSA) is 67.4 Å². The van der Waals surface area contributed by atoms with Crippen LogP contribution >= 0.6 is 0 Å². The van der Waals surface area contributed by atoms with Crippen LogP contribution in [0.15, 0.2) is 30.3 Å². The van der Waals surface area contributed by atoms with Crippen molar-refractivity contribution in [3.05, 3.63) is 58.9 Å². The first-order valence-corrected chi connectivity index (χ1v) is 8.99. The molecular formula is C20H18F6N2O3. The number of rotatable bonds is 8. The quantitative estimate of drug-likeness (QED) is 0.462. The lowest BCUT2D eigenvalue weighted by Gasteiger charge is -2.13. The van der Waals surface area contributed by atoms with Crippen LogP contribution in [-0.4, -0.2) is 31.1 Å². The summed E-state index contributed by atoms with van der Waals surface area (Å²) in [5, 5.41) is 3.99. The van der Waals surface area contributed by atoms with Gasteiger partial charge in [0.25, 0.3) is 5.91 Å². The number of anilines is 1. The number of hydrogen-bond acceptors (Lipinski definition) is 3. The number of ether oxygens (including phenoxy) is 1. The molecule has 0 bridgehead atoms. The van der Waals surface area contributed by atoms with Gasteiger partial charge in [-0.3, -0.25) is 9.59 Å². The van der Waals surface area contributed by atoms with Gasteiger partial charge in [0.2, 0.25) is 5.91 Å². The molecule has 0 saturated heterocycles. The predicted octanol–water partition coefficient (Wildman–Crippen LogP) is 4.50. The highest BCUT2D eigenvalue weighted by atomic mass is 19.4. The average molecular weight is 448 g/mol. The summed E-state index contributed by atoms with van der Waals surface area (Å²) in [6.07, 6.45) is -4.61. The second kappa shape index (κ2) is 10.2. The van der Waals surface area contributed by atoms with Crippen LogP contribution in [0.25, 0.3) is 0 Å². The Bertz CT molecular complexity index is 963. The molecule has 2 amide bonds. The van der Waals surface area contributed by atoms with Gasteiger partial charge in [0.15, 0.2) is 11.6 Å². The molecular weight excluding hydrogens is 430 g/mol. The van der Waals surface area contributed by atoms with Gasteiger partial charge in [-0.1, -0.05) is 0 Å². The van der Waals surface area contributed by atoms with E-state index >= 15 is 0 Å². The van der Waals surface area contributed by atoms with Crippen LogP contribution in [0, 0.1) is 24.4 Å². The van der Waals surface area contributed by atoms with Crippen LogP contribution in [0.2, 0.25) is 0 Å². The normalized spacial score (nSPS) is 11.2. The van der Waals surface area contributed by atoms with Crippen molar-refractivity contribution >= 4 is 17.5 Å². The fourth-order valence-corrected chi connectivity index (χ4v) is 2.44. The number of benzene rings is 2. The molecule has 31 heavy (non-hydrogen) atoms. The zero-order valence-electron chi connectivity index (χ0n) is 16.2. The lowest BCUT2D eigenvalue weighted by atomic mass is 10.1. The Morgan fingerprint density at radius 1 is 1.03 bits per heavy atom. The van der Waals surface area contributed by atoms with Crippen molar-refractivity contribution < 1.29 is 40.7 Å². The predicted molar refractivity (Wildman–Crippen MR) is 99.2 cm³/mol. The lowest BCUT2D eigenvalue weighted by Crippen LogP contribution is -2.33. The summed E-state index contributed by atoms with van der Waals surface area (Å²) >= 11 is 0. The van der Waals surface area contributed by atoms with Gasteiger partial charge in [-0.05, 0) is 37.6 Å². The highest BCUT2D eigenvalue weighted by molar-refractivity contribution is 5.97. The van der Waals surface area contributed by atoms with Crippen molar-refractivity contribution in [1.82, 2.24) is 5.32 Å². The number of hydrogen-bond donors (Lipinski definition) is 2. The zero-order valence-corrected chi connectivity index (χ0v) is 16.2. The van der Waals surface area contributed by atoms with Crippen molar-refractivity contribution in [1.29, 1.82) is 0 Å². The van der Waals surface area contributed by atoms with Gasteiger partial charge in [0.05, 0.1) is 6.61 Å². The van der Waals surface area contributed by atoms with E-state index in [0.717, 1.165) is 24.3 Å². The van der Waals surface area contributed by atoms with E-state index in [9.17, 15) is 35.9 Å². The van der Waals surface area contributed by atoms with Crippen molar-refractivity contribution in [3.63, 3.8) is 0 Å². The maximum absolute atomic E-state index is 14.0. The summed E-state index contributed by atoms with van der Waals surface area (Å²) in [6.45, 7) is -0.330. The van der Waals surface area contributed by atoms with Crippen LogP contribution in [0.3, 0.4) is 0 Å². The first kappa shape index (κ1) is 24.0. The fraction of sp³-hybridized carbons (Fsp3) is 0.300. The third-order valence-electron chi connectivity index (χ3n) is 4.03. The summed E-state index contributed by atoms with van der Waals surface area (Å²) in [4.78, 5) is 23.9. The molecule has 0 spiro atoms. The Morgan fingerprint density at radius 2 is 1.74 bits per heavy atom. The molecule has 0 unspecified atom stereocenters. The fourth-order valence-electron chi connectivity index (χ4n) is 2.44. The zero-order chi connectivity index (χ0) is 23.2. The second-order valence-electron chi connectivity index (χ2n) is 6.50. The molecule has 0 atom stereocenters. The highest BCUT2D eigenvalue weighted by Crippen LogP contribution is 2.22. The van der Waals surface area contributed by atoms with E-state index < -0.39 is 47.6 Å². The third-order valence-corrected chi connectivity index (χ3v) is 4.03.